The molecule has 15 nitrogen and oxygen atoms in total. The fraction of sp³-hybridized carbons (Fsp3) is 0.600. The maximum absolute atomic E-state index is 13.7. The lowest BCUT2D eigenvalue weighted by Crippen LogP contribution is -2.61. The third-order valence-corrected chi connectivity index (χ3v) is 9.07. The van der Waals surface area contributed by atoms with E-state index < -0.39 is 72.3 Å². The van der Waals surface area contributed by atoms with Gasteiger partial charge in [-0.2, -0.15) is 0 Å². The first kappa shape index (κ1) is 44.8. The molecule has 5 atom stereocenters. The number of anilines is 1. The lowest BCUT2D eigenvalue weighted by molar-refractivity contribution is -0.190. The Bertz CT molecular complexity index is 1550. The summed E-state index contributed by atoms with van der Waals surface area (Å²) in [7, 11) is 0. The van der Waals surface area contributed by atoms with Crippen molar-refractivity contribution in [3.63, 3.8) is 0 Å². The summed E-state index contributed by atoms with van der Waals surface area (Å²) in [6.45, 7) is 8.02. The maximum Gasteiger partial charge on any atom is 0.407 e. The van der Waals surface area contributed by atoms with Crippen molar-refractivity contribution in [3.8, 4) is 17.2 Å². The Morgan fingerprint density at radius 2 is 1.60 bits per heavy atom. The highest BCUT2D eigenvalue weighted by Crippen LogP contribution is 2.32. The van der Waals surface area contributed by atoms with Gasteiger partial charge in [-0.3, -0.25) is 14.4 Å². The van der Waals surface area contributed by atoms with Crippen LogP contribution in [0.5, 0.6) is 17.2 Å². The van der Waals surface area contributed by atoms with Crippen LogP contribution in [0.3, 0.4) is 0 Å². The molecule has 1 aliphatic carbocycles. The van der Waals surface area contributed by atoms with Gasteiger partial charge in [0.15, 0.2) is 11.5 Å². The minimum atomic E-state index is -2.34. The molecule has 55 heavy (non-hydrogen) atoms. The Morgan fingerprint density at radius 3 is 2.27 bits per heavy atom. The third-order valence-electron chi connectivity index (χ3n) is 9.07. The molecule has 0 aromatic heterocycles. The van der Waals surface area contributed by atoms with Gasteiger partial charge in [0.25, 0.3) is 5.91 Å². The van der Waals surface area contributed by atoms with Crippen LogP contribution >= 0.6 is 0 Å². The third kappa shape index (κ3) is 15.6. The van der Waals surface area contributed by atoms with Gasteiger partial charge < -0.3 is 55.7 Å². The SMILES string of the molecule is CCCCCCCCOc1ccc(NC(=O)C(CCCNC(=O)OC(C)(C)C)NC(=O)C2(O)CC(O)C(O)C(OC(=O)CCc3ccc(O)c(O)c3)C2)cc1. The highest BCUT2D eigenvalue weighted by molar-refractivity contribution is 5.98. The van der Waals surface area contributed by atoms with E-state index in [0.29, 0.717) is 23.6 Å². The van der Waals surface area contributed by atoms with E-state index in [1.165, 1.54) is 43.9 Å². The second-order valence-corrected chi connectivity index (χ2v) is 15.1. The number of hydrogen-bond donors (Lipinski definition) is 8. The molecule has 2 aromatic carbocycles. The minimum absolute atomic E-state index is 0.0271. The molecule has 2 aromatic rings. The zero-order valence-corrected chi connectivity index (χ0v) is 32.3. The maximum atomic E-state index is 13.7. The molecule has 15 heteroatoms. The van der Waals surface area contributed by atoms with Gasteiger partial charge >= 0.3 is 12.1 Å². The molecule has 5 unspecified atom stereocenters. The van der Waals surface area contributed by atoms with Crippen LogP contribution in [-0.2, 0) is 30.3 Å². The molecular weight excluding hydrogens is 714 g/mol. The van der Waals surface area contributed by atoms with Crippen molar-refractivity contribution in [2.24, 2.45) is 0 Å². The predicted octanol–water partition coefficient (Wildman–Crippen LogP) is 4.36. The van der Waals surface area contributed by atoms with Crippen molar-refractivity contribution < 1.29 is 58.9 Å². The molecule has 0 radical (unpaired) electrons. The van der Waals surface area contributed by atoms with E-state index in [9.17, 15) is 44.7 Å². The largest absolute Gasteiger partial charge is 0.504 e. The second kappa shape index (κ2) is 21.5. The number of unbranched alkanes of at least 4 members (excludes halogenated alkanes) is 5. The van der Waals surface area contributed by atoms with Gasteiger partial charge in [-0.25, -0.2) is 4.79 Å². The van der Waals surface area contributed by atoms with Crippen LogP contribution in [0.2, 0.25) is 0 Å². The summed E-state index contributed by atoms with van der Waals surface area (Å²) in [5, 5.41) is 59.9. The molecule has 3 rings (SSSR count). The molecule has 0 spiro atoms. The molecule has 0 saturated heterocycles. The smallest absolute Gasteiger partial charge is 0.407 e. The number of aryl methyl sites for hydroxylation is 1. The van der Waals surface area contributed by atoms with E-state index in [1.807, 2.05) is 0 Å². The van der Waals surface area contributed by atoms with Gasteiger partial charge in [-0.15, -0.1) is 0 Å². The van der Waals surface area contributed by atoms with E-state index >= 15 is 0 Å². The number of ether oxygens (including phenoxy) is 3. The summed E-state index contributed by atoms with van der Waals surface area (Å²) in [5.41, 5.74) is -2.11. The van der Waals surface area contributed by atoms with Crippen LogP contribution in [0, 0.1) is 0 Å². The molecule has 1 fully saturated rings. The molecule has 1 saturated carbocycles. The monoisotopic (exact) mass is 773 g/mol. The first-order chi connectivity index (χ1) is 26.0. The Hall–Kier alpha value is -4.60. The van der Waals surface area contributed by atoms with E-state index in [1.54, 1.807) is 45.0 Å². The summed E-state index contributed by atoms with van der Waals surface area (Å²) in [5.74, 6) is -2.49. The van der Waals surface area contributed by atoms with Gasteiger partial charge in [0, 0.05) is 31.5 Å². The Morgan fingerprint density at radius 1 is 0.909 bits per heavy atom. The molecule has 0 aliphatic heterocycles. The van der Waals surface area contributed by atoms with Crippen LogP contribution in [0.15, 0.2) is 42.5 Å². The summed E-state index contributed by atoms with van der Waals surface area (Å²) in [4.78, 5) is 52.1. The van der Waals surface area contributed by atoms with Gasteiger partial charge in [0.05, 0.1) is 12.7 Å². The first-order valence-electron chi connectivity index (χ1n) is 19.1. The molecule has 1 aliphatic rings. The molecule has 0 bridgehead atoms. The number of nitrogens with one attached hydrogen (secondary N) is 3. The summed E-state index contributed by atoms with van der Waals surface area (Å²) in [6, 6.07) is 9.60. The number of amides is 3. The number of carbonyl (C=O) groups excluding carboxylic acids is 4. The van der Waals surface area contributed by atoms with E-state index in [0.717, 1.165) is 12.8 Å². The number of benzene rings is 2. The zero-order valence-electron chi connectivity index (χ0n) is 32.3. The Kier molecular flexibility index (Phi) is 17.5. The van der Waals surface area contributed by atoms with Crippen molar-refractivity contribution >= 4 is 29.6 Å². The molecular formula is C40H59N3O12. The van der Waals surface area contributed by atoms with Crippen LogP contribution in [-0.4, -0.2) is 98.1 Å². The van der Waals surface area contributed by atoms with Crippen LogP contribution in [0.4, 0.5) is 10.5 Å². The number of alkyl carbamates (subject to hydrolysis) is 1. The van der Waals surface area contributed by atoms with Gasteiger partial charge in [0.2, 0.25) is 5.91 Å². The predicted molar refractivity (Wildman–Crippen MR) is 204 cm³/mol. The van der Waals surface area contributed by atoms with Crippen molar-refractivity contribution in [1.29, 1.82) is 0 Å². The highest BCUT2D eigenvalue weighted by Gasteiger charge is 2.50. The van der Waals surface area contributed by atoms with Gasteiger partial charge in [0.1, 0.15) is 35.2 Å². The highest BCUT2D eigenvalue weighted by atomic mass is 16.6. The quantitative estimate of drug-likeness (QED) is 0.0533. The molecule has 306 valence electrons. The number of carbonyl (C=O) groups is 4. The number of phenols is 2. The average molecular weight is 774 g/mol. The molecule has 8 N–H and O–H groups in total. The van der Waals surface area contributed by atoms with Crippen LogP contribution in [0.25, 0.3) is 0 Å². The summed E-state index contributed by atoms with van der Waals surface area (Å²) >= 11 is 0. The van der Waals surface area contributed by atoms with Crippen molar-refractivity contribution in [2.75, 3.05) is 18.5 Å². The number of esters is 1. The van der Waals surface area contributed by atoms with E-state index in [-0.39, 0.29) is 43.7 Å². The van der Waals surface area contributed by atoms with Crippen LogP contribution < -0.4 is 20.7 Å². The summed E-state index contributed by atoms with van der Waals surface area (Å²) in [6.07, 6.45) is 0.426. The normalized spacial score (nSPS) is 20.2. The number of aliphatic hydroxyl groups is 3. The Balaban J connectivity index is 1.64. The number of hydrogen-bond acceptors (Lipinski definition) is 12. The topological polar surface area (TPSA) is 233 Å². The number of rotatable bonds is 20. The second-order valence-electron chi connectivity index (χ2n) is 15.1. The number of aliphatic hydroxyl groups excluding tert-OH is 2. The first-order valence-corrected chi connectivity index (χ1v) is 19.1. The van der Waals surface area contributed by atoms with Crippen molar-refractivity contribution in [1.82, 2.24) is 10.6 Å². The Labute approximate surface area is 322 Å². The number of phenolic OH excluding ortho intramolecular Hbond substituents is 2. The molecule has 3 amide bonds. The zero-order chi connectivity index (χ0) is 40.6. The lowest BCUT2D eigenvalue weighted by atomic mass is 9.78. The lowest BCUT2D eigenvalue weighted by Gasteiger charge is -2.41. The van der Waals surface area contributed by atoms with E-state index in [4.69, 9.17) is 14.2 Å². The molecule has 0 heterocycles. The van der Waals surface area contributed by atoms with Crippen molar-refractivity contribution in [2.45, 2.75) is 140 Å². The standard InChI is InChI=1S/C40H59N3O12/c1-5-6-7-8-9-10-22-53-28-17-15-27(16-18-28)42-36(49)29(12-11-21-41-38(51)55-39(2,3)4)43-37(50)40(52)24-32(46)35(48)33(25-40)54-34(47)20-14-26-13-19-30(44)31(45)23-26/h13,15-19,23,29,32-33,35,44-46,48,52H,5-12,14,20-22,24-25H2,1-4H3,(H,41,51)(H,42,49)(H,43,50). The number of aromatic hydroxyl groups is 2. The fourth-order valence-electron chi connectivity index (χ4n) is 6.06. The van der Waals surface area contributed by atoms with Crippen molar-refractivity contribution in [3.05, 3.63) is 48.0 Å². The summed E-state index contributed by atoms with van der Waals surface area (Å²) < 4.78 is 16.5. The van der Waals surface area contributed by atoms with Gasteiger partial charge in [-0.05, 0) is 88.4 Å². The van der Waals surface area contributed by atoms with Gasteiger partial charge in [-0.1, -0.05) is 45.1 Å². The fourth-order valence-corrected chi connectivity index (χ4v) is 6.06. The van der Waals surface area contributed by atoms with E-state index in [2.05, 4.69) is 22.9 Å². The van der Waals surface area contributed by atoms with Crippen LogP contribution in [0.1, 0.15) is 104 Å². The minimum Gasteiger partial charge on any atom is -0.504 e. The average Bonchev–Trinajstić information content (AvgIpc) is 3.11.